The molecule has 0 aromatic carbocycles. The molecule has 0 atom stereocenters. The first-order valence-electron chi connectivity index (χ1n) is 6.12. The van der Waals surface area contributed by atoms with Gasteiger partial charge in [-0.1, -0.05) is 0 Å². The van der Waals surface area contributed by atoms with Gasteiger partial charge in [-0.2, -0.15) is 0 Å². The molecular formula is C12H17N5. The van der Waals surface area contributed by atoms with Crippen molar-refractivity contribution in [1.29, 1.82) is 0 Å². The van der Waals surface area contributed by atoms with Crippen LogP contribution in [0.15, 0.2) is 22.6 Å². The molecule has 0 aliphatic carbocycles. The molecule has 2 aliphatic heterocycles. The first kappa shape index (κ1) is 10.5. The molecule has 0 saturated heterocycles. The van der Waals surface area contributed by atoms with Gasteiger partial charge in [-0.05, 0) is 19.3 Å². The van der Waals surface area contributed by atoms with E-state index >= 15 is 0 Å². The lowest BCUT2D eigenvalue weighted by atomic mass is 9.99. The van der Waals surface area contributed by atoms with Crippen molar-refractivity contribution in [2.75, 3.05) is 19.6 Å². The SMILES string of the molecule is NC1=C(C2=NCCCc3[nH]cnc32)CNCC1. The third-order valence-electron chi connectivity index (χ3n) is 3.34. The van der Waals surface area contributed by atoms with Gasteiger partial charge in [-0.15, -0.1) is 0 Å². The third-order valence-corrected chi connectivity index (χ3v) is 3.34. The second kappa shape index (κ2) is 4.33. The van der Waals surface area contributed by atoms with Gasteiger partial charge in [0.05, 0.1) is 12.0 Å². The Kier molecular flexibility index (Phi) is 2.68. The van der Waals surface area contributed by atoms with Crippen LogP contribution >= 0.6 is 0 Å². The van der Waals surface area contributed by atoms with Crippen LogP contribution in [0.2, 0.25) is 0 Å². The van der Waals surface area contributed by atoms with Crippen molar-refractivity contribution in [2.45, 2.75) is 19.3 Å². The Morgan fingerprint density at radius 2 is 2.24 bits per heavy atom. The Morgan fingerprint density at radius 1 is 1.29 bits per heavy atom. The van der Waals surface area contributed by atoms with Gasteiger partial charge in [-0.3, -0.25) is 4.99 Å². The molecule has 3 heterocycles. The molecule has 1 aromatic heterocycles. The van der Waals surface area contributed by atoms with Crippen LogP contribution in [0.1, 0.15) is 24.2 Å². The second-order valence-corrected chi connectivity index (χ2v) is 4.49. The van der Waals surface area contributed by atoms with Crippen LogP contribution in [0.5, 0.6) is 0 Å². The van der Waals surface area contributed by atoms with Gasteiger partial charge in [0, 0.05) is 36.6 Å². The van der Waals surface area contributed by atoms with Crippen LogP contribution in [0.4, 0.5) is 0 Å². The maximum atomic E-state index is 6.11. The Balaban J connectivity index is 2.06. The highest BCUT2D eigenvalue weighted by atomic mass is 14.9. The van der Waals surface area contributed by atoms with Crippen LogP contribution in [0, 0.1) is 0 Å². The Labute approximate surface area is 100 Å². The minimum Gasteiger partial charge on any atom is -0.402 e. The van der Waals surface area contributed by atoms with Crippen molar-refractivity contribution in [3.8, 4) is 0 Å². The van der Waals surface area contributed by atoms with Crippen LogP contribution in [-0.2, 0) is 6.42 Å². The van der Waals surface area contributed by atoms with E-state index in [0.717, 1.165) is 61.6 Å². The molecule has 4 N–H and O–H groups in total. The molecule has 3 rings (SSSR count). The van der Waals surface area contributed by atoms with Crippen LogP contribution in [0.3, 0.4) is 0 Å². The number of aryl methyl sites for hydroxylation is 1. The van der Waals surface area contributed by atoms with Gasteiger partial charge in [-0.25, -0.2) is 4.98 Å². The summed E-state index contributed by atoms with van der Waals surface area (Å²) >= 11 is 0. The van der Waals surface area contributed by atoms with Crippen LogP contribution in [-0.4, -0.2) is 35.3 Å². The average Bonchev–Trinajstić information content (AvgIpc) is 2.71. The minimum atomic E-state index is 0.803. The molecular weight excluding hydrogens is 214 g/mol. The standard InChI is InChI=1S/C12H17N5/c13-9-3-5-14-6-8(9)11-12-10(16-7-17-12)2-1-4-15-11/h7,14H,1-6,13H2,(H,16,17). The number of imidazole rings is 1. The number of aliphatic imine (C=N–C) groups is 1. The quantitative estimate of drug-likeness (QED) is 0.652. The number of H-pyrrole nitrogens is 1. The van der Waals surface area contributed by atoms with E-state index < -0.39 is 0 Å². The molecule has 2 aliphatic rings. The summed E-state index contributed by atoms with van der Waals surface area (Å²) in [6.07, 6.45) is 4.73. The normalized spacial score (nSPS) is 20.8. The number of aromatic nitrogens is 2. The van der Waals surface area contributed by atoms with Crippen molar-refractivity contribution in [1.82, 2.24) is 15.3 Å². The molecule has 0 spiro atoms. The summed E-state index contributed by atoms with van der Waals surface area (Å²) in [5.41, 5.74) is 11.4. The summed E-state index contributed by atoms with van der Waals surface area (Å²) in [6, 6.07) is 0. The van der Waals surface area contributed by atoms with E-state index in [4.69, 9.17) is 5.73 Å². The van der Waals surface area contributed by atoms with Gasteiger partial charge in [0.2, 0.25) is 0 Å². The smallest absolute Gasteiger partial charge is 0.110 e. The molecule has 5 heteroatoms. The Hall–Kier alpha value is -1.62. The zero-order valence-corrected chi connectivity index (χ0v) is 9.79. The largest absolute Gasteiger partial charge is 0.402 e. The summed E-state index contributed by atoms with van der Waals surface area (Å²) in [5, 5.41) is 3.35. The Morgan fingerprint density at radius 3 is 3.12 bits per heavy atom. The molecule has 0 amide bonds. The second-order valence-electron chi connectivity index (χ2n) is 4.49. The molecule has 0 fully saturated rings. The van der Waals surface area contributed by atoms with E-state index in [-0.39, 0.29) is 0 Å². The number of nitrogens with one attached hydrogen (secondary N) is 2. The summed E-state index contributed by atoms with van der Waals surface area (Å²) in [7, 11) is 0. The summed E-state index contributed by atoms with van der Waals surface area (Å²) in [4.78, 5) is 12.3. The van der Waals surface area contributed by atoms with Crippen LogP contribution in [0.25, 0.3) is 0 Å². The molecule has 5 nitrogen and oxygen atoms in total. The molecule has 17 heavy (non-hydrogen) atoms. The Bertz CT molecular complexity index is 483. The summed E-state index contributed by atoms with van der Waals surface area (Å²) < 4.78 is 0. The lowest BCUT2D eigenvalue weighted by Gasteiger charge is -2.19. The predicted molar refractivity (Wildman–Crippen MR) is 67.0 cm³/mol. The average molecular weight is 231 g/mol. The van der Waals surface area contributed by atoms with Gasteiger partial charge < -0.3 is 16.0 Å². The number of hydrogen-bond acceptors (Lipinski definition) is 4. The van der Waals surface area contributed by atoms with E-state index in [1.54, 1.807) is 6.33 Å². The number of fused-ring (bicyclic) bond motifs is 1. The molecule has 0 saturated carbocycles. The highest BCUT2D eigenvalue weighted by molar-refractivity contribution is 6.13. The van der Waals surface area contributed by atoms with E-state index in [1.807, 2.05) is 0 Å². The fourth-order valence-corrected chi connectivity index (χ4v) is 2.41. The first-order chi connectivity index (χ1) is 8.36. The van der Waals surface area contributed by atoms with Gasteiger partial charge in [0.1, 0.15) is 5.69 Å². The van der Waals surface area contributed by atoms with Crippen LogP contribution < -0.4 is 11.1 Å². The number of hydrogen-bond donors (Lipinski definition) is 3. The fraction of sp³-hybridized carbons (Fsp3) is 0.500. The molecule has 90 valence electrons. The van der Waals surface area contributed by atoms with Crippen molar-refractivity contribution in [3.05, 3.63) is 29.0 Å². The molecule has 0 bridgehead atoms. The van der Waals surface area contributed by atoms with Gasteiger partial charge in [0.25, 0.3) is 0 Å². The van der Waals surface area contributed by atoms with Gasteiger partial charge in [0.15, 0.2) is 0 Å². The van der Waals surface area contributed by atoms with Crippen molar-refractivity contribution in [2.24, 2.45) is 10.7 Å². The third kappa shape index (κ3) is 1.86. The van der Waals surface area contributed by atoms with E-state index in [9.17, 15) is 0 Å². The van der Waals surface area contributed by atoms with E-state index in [1.165, 1.54) is 5.69 Å². The molecule has 0 radical (unpaired) electrons. The molecule has 1 aromatic rings. The first-order valence-corrected chi connectivity index (χ1v) is 6.12. The van der Waals surface area contributed by atoms with E-state index in [2.05, 4.69) is 20.3 Å². The number of rotatable bonds is 1. The molecule has 0 unspecified atom stereocenters. The number of nitrogens with zero attached hydrogens (tertiary/aromatic N) is 2. The fourth-order valence-electron chi connectivity index (χ4n) is 2.41. The van der Waals surface area contributed by atoms with E-state index in [0.29, 0.717) is 0 Å². The number of aromatic amines is 1. The number of nitrogens with two attached hydrogens (primary N) is 1. The van der Waals surface area contributed by atoms with Gasteiger partial charge >= 0.3 is 0 Å². The highest BCUT2D eigenvalue weighted by Gasteiger charge is 2.22. The maximum Gasteiger partial charge on any atom is 0.110 e. The lowest BCUT2D eigenvalue weighted by molar-refractivity contribution is 0.685. The zero-order valence-electron chi connectivity index (χ0n) is 9.79. The monoisotopic (exact) mass is 231 g/mol. The lowest BCUT2D eigenvalue weighted by Crippen LogP contribution is -2.32. The maximum absolute atomic E-state index is 6.11. The summed E-state index contributed by atoms with van der Waals surface area (Å²) in [6.45, 7) is 2.61. The van der Waals surface area contributed by atoms with Crippen molar-refractivity contribution < 1.29 is 0 Å². The summed E-state index contributed by atoms with van der Waals surface area (Å²) in [5.74, 6) is 0. The highest BCUT2D eigenvalue weighted by Crippen LogP contribution is 2.19. The van der Waals surface area contributed by atoms with Crippen molar-refractivity contribution in [3.63, 3.8) is 0 Å². The zero-order chi connectivity index (χ0) is 11.7. The predicted octanol–water partition coefficient (Wildman–Crippen LogP) is 0.351. The topological polar surface area (TPSA) is 79.1 Å². The van der Waals surface area contributed by atoms with Crippen molar-refractivity contribution >= 4 is 5.71 Å². The minimum absolute atomic E-state index is 0.803.